The van der Waals surface area contributed by atoms with Crippen LogP contribution in [0.4, 0.5) is 5.95 Å². The predicted octanol–water partition coefficient (Wildman–Crippen LogP) is 3.93. The molecule has 3 heterocycles. The number of nitrogens with zero attached hydrogens (tertiary/aromatic N) is 6. The maximum Gasteiger partial charge on any atom is 0.225 e. The van der Waals surface area contributed by atoms with Crippen molar-refractivity contribution in [1.29, 1.82) is 0 Å². The minimum atomic E-state index is 0.246. The van der Waals surface area contributed by atoms with Gasteiger partial charge in [-0.3, -0.25) is 9.58 Å². The number of rotatable bonds is 5. The molecular formula is C21H25ClN6. The molecule has 1 saturated heterocycles. The van der Waals surface area contributed by atoms with Crippen molar-refractivity contribution in [1.82, 2.24) is 24.6 Å². The van der Waals surface area contributed by atoms with Gasteiger partial charge in [0.15, 0.2) is 0 Å². The van der Waals surface area contributed by atoms with Crippen molar-refractivity contribution in [3.8, 4) is 11.1 Å². The maximum atomic E-state index is 6.26. The van der Waals surface area contributed by atoms with Gasteiger partial charge in [0.2, 0.25) is 5.95 Å². The summed E-state index contributed by atoms with van der Waals surface area (Å²) in [6, 6.07) is 8.17. The molecule has 1 aromatic carbocycles. The van der Waals surface area contributed by atoms with Crippen LogP contribution in [0.25, 0.3) is 11.1 Å². The number of anilines is 1. The predicted molar refractivity (Wildman–Crippen MR) is 112 cm³/mol. The van der Waals surface area contributed by atoms with Crippen molar-refractivity contribution in [2.45, 2.75) is 25.4 Å². The first-order chi connectivity index (χ1) is 13.5. The summed E-state index contributed by atoms with van der Waals surface area (Å²) in [6.45, 7) is 1.92. The van der Waals surface area contributed by atoms with Gasteiger partial charge in [0.05, 0.1) is 17.9 Å². The molecule has 1 fully saturated rings. The third-order valence-electron chi connectivity index (χ3n) is 5.16. The zero-order valence-corrected chi connectivity index (χ0v) is 17.3. The van der Waals surface area contributed by atoms with Crippen molar-refractivity contribution < 1.29 is 0 Å². The zero-order chi connectivity index (χ0) is 19.7. The molecule has 0 bridgehead atoms. The van der Waals surface area contributed by atoms with Crippen LogP contribution in [-0.4, -0.2) is 45.3 Å². The van der Waals surface area contributed by atoms with Crippen molar-refractivity contribution >= 4 is 17.5 Å². The van der Waals surface area contributed by atoms with Gasteiger partial charge in [-0.25, -0.2) is 9.97 Å². The van der Waals surface area contributed by atoms with E-state index in [1.165, 1.54) is 5.56 Å². The van der Waals surface area contributed by atoms with Crippen LogP contribution in [0.3, 0.4) is 0 Å². The van der Waals surface area contributed by atoms with Gasteiger partial charge in [-0.15, -0.1) is 0 Å². The molecule has 0 aliphatic carbocycles. The van der Waals surface area contributed by atoms with Crippen LogP contribution >= 0.6 is 11.6 Å². The summed E-state index contributed by atoms with van der Waals surface area (Å²) in [6.07, 6.45) is 8.19. The van der Waals surface area contributed by atoms with Crippen molar-refractivity contribution in [2.24, 2.45) is 7.05 Å². The van der Waals surface area contributed by atoms with Gasteiger partial charge in [0.1, 0.15) is 0 Å². The molecule has 1 aliphatic rings. The second kappa shape index (κ2) is 7.89. The van der Waals surface area contributed by atoms with Gasteiger partial charge in [-0.1, -0.05) is 23.7 Å². The van der Waals surface area contributed by atoms with Gasteiger partial charge < -0.3 is 4.90 Å². The first-order valence-electron chi connectivity index (χ1n) is 9.53. The number of likely N-dealkylation sites (tertiary alicyclic amines) is 1. The van der Waals surface area contributed by atoms with E-state index < -0.39 is 0 Å². The molecule has 146 valence electrons. The summed E-state index contributed by atoms with van der Waals surface area (Å²) < 4.78 is 1.85. The lowest BCUT2D eigenvalue weighted by Crippen LogP contribution is -2.25. The van der Waals surface area contributed by atoms with E-state index >= 15 is 0 Å². The molecule has 0 unspecified atom stereocenters. The molecule has 0 saturated carbocycles. The molecule has 4 rings (SSSR count). The topological polar surface area (TPSA) is 50.1 Å². The number of halogens is 1. The highest BCUT2D eigenvalue weighted by atomic mass is 35.5. The third kappa shape index (κ3) is 3.88. The molecule has 6 nitrogen and oxygen atoms in total. The summed E-state index contributed by atoms with van der Waals surface area (Å²) in [5.41, 5.74) is 4.40. The fourth-order valence-electron chi connectivity index (χ4n) is 3.85. The number of benzene rings is 1. The molecule has 0 spiro atoms. The fraction of sp³-hybridized carbons (Fsp3) is 0.381. The number of hydrogen-bond acceptors (Lipinski definition) is 5. The van der Waals surface area contributed by atoms with Gasteiger partial charge in [0, 0.05) is 56.2 Å². The molecule has 0 N–H and O–H groups in total. The van der Waals surface area contributed by atoms with Gasteiger partial charge in [-0.05, 0) is 37.1 Å². The Kier molecular flexibility index (Phi) is 5.33. The molecule has 0 radical (unpaired) electrons. The van der Waals surface area contributed by atoms with Crippen LogP contribution in [0.15, 0.2) is 42.9 Å². The highest BCUT2D eigenvalue weighted by molar-refractivity contribution is 6.30. The molecule has 7 heteroatoms. The van der Waals surface area contributed by atoms with Crippen LogP contribution < -0.4 is 4.90 Å². The van der Waals surface area contributed by atoms with E-state index in [1.54, 1.807) is 0 Å². The minimum absolute atomic E-state index is 0.246. The largest absolute Gasteiger partial charge is 0.347 e. The van der Waals surface area contributed by atoms with E-state index in [2.05, 4.69) is 27.2 Å². The average Bonchev–Trinajstić information content (AvgIpc) is 3.30. The second-order valence-electron chi connectivity index (χ2n) is 7.52. The van der Waals surface area contributed by atoms with Crippen LogP contribution in [0.2, 0.25) is 5.02 Å². The lowest BCUT2D eigenvalue weighted by atomic mass is 9.99. The van der Waals surface area contributed by atoms with E-state index in [0.29, 0.717) is 0 Å². The maximum absolute atomic E-state index is 6.26. The Morgan fingerprint density at radius 2 is 2.11 bits per heavy atom. The van der Waals surface area contributed by atoms with E-state index in [4.69, 9.17) is 16.6 Å². The summed E-state index contributed by atoms with van der Waals surface area (Å²) in [7, 11) is 5.90. The normalized spacial score (nSPS) is 17.2. The highest BCUT2D eigenvalue weighted by Crippen LogP contribution is 2.38. The average molecular weight is 397 g/mol. The Morgan fingerprint density at radius 1 is 1.25 bits per heavy atom. The Bertz CT molecular complexity index is 967. The monoisotopic (exact) mass is 396 g/mol. The van der Waals surface area contributed by atoms with Gasteiger partial charge >= 0.3 is 0 Å². The third-order valence-corrected chi connectivity index (χ3v) is 5.40. The standard InChI is InChI=1S/C21H25ClN6/c1-26(2)21-23-12-18(16-6-4-7-17(22)10-16)20(25-21)19-8-5-9-28(19)14-15-11-24-27(3)13-15/h4,6-7,10-13,19H,5,8-9,14H2,1-3H3/t19-/m0/s1. The van der Waals surface area contributed by atoms with Gasteiger partial charge in [0.25, 0.3) is 0 Å². The molecule has 1 aliphatic heterocycles. The summed E-state index contributed by atoms with van der Waals surface area (Å²) in [4.78, 5) is 14.0. The van der Waals surface area contributed by atoms with Crippen LogP contribution in [0.5, 0.6) is 0 Å². The van der Waals surface area contributed by atoms with E-state index in [1.807, 2.05) is 61.3 Å². The van der Waals surface area contributed by atoms with Crippen LogP contribution in [0.1, 0.15) is 30.1 Å². The fourth-order valence-corrected chi connectivity index (χ4v) is 4.04. The Hall–Kier alpha value is -2.44. The highest BCUT2D eigenvalue weighted by Gasteiger charge is 2.30. The Labute approximate surface area is 170 Å². The summed E-state index contributed by atoms with van der Waals surface area (Å²) >= 11 is 6.26. The second-order valence-corrected chi connectivity index (χ2v) is 7.96. The summed E-state index contributed by atoms with van der Waals surface area (Å²) in [5, 5.41) is 5.03. The lowest BCUT2D eigenvalue weighted by Gasteiger charge is -2.26. The van der Waals surface area contributed by atoms with E-state index in [9.17, 15) is 0 Å². The number of hydrogen-bond donors (Lipinski definition) is 0. The number of aromatic nitrogens is 4. The zero-order valence-electron chi connectivity index (χ0n) is 16.5. The Morgan fingerprint density at radius 3 is 2.82 bits per heavy atom. The molecule has 28 heavy (non-hydrogen) atoms. The van der Waals surface area contributed by atoms with Crippen molar-refractivity contribution in [2.75, 3.05) is 25.5 Å². The minimum Gasteiger partial charge on any atom is -0.347 e. The first-order valence-corrected chi connectivity index (χ1v) is 9.91. The Balaban J connectivity index is 1.74. The first kappa shape index (κ1) is 18.9. The summed E-state index contributed by atoms with van der Waals surface area (Å²) in [5.74, 6) is 0.731. The smallest absolute Gasteiger partial charge is 0.225 e. The molecule has 0 amide bonds. The van der Waals surface area contributed by atoms with Crippen LogP contribution in [-0.2, 0) is 13.6 Å². The lowest BCUT2D eigenvalue weighted by molar-refractivity contribution is 0.245. The number of aryl methyl sites for hydroxylation is 1. The molecule has 1 atom stereocenters. The SMILES string of the molecule is CN(C)c1ncc(-c2cccc(Cl)c2)c([C@@H]2CCCN2Cc2cnn(C)c2)n1. The van der Waals surface area contributed by atoms with E-state index in [-0.39, 0.29) is 6.04 Å². The van der Waals surface area contributed by atoms with Crippen molar-refractivity contribution in [3.63, 3.8) is 0 Å². The molecule has 3 aromatic rings. The van der Waals surface area contributed by atoms with Crippen LogP contribution in [0, 0.1) is 0 Å². The molecule has 2 aromatic heterocycles. The van der Waals surface area contributed by atoms with E-state index in [0.717, 1.165) is 53.7 Å². The quantitative estimate of drug-likeness (QED) is 0.653. The van der Waals surface area contributed by atoms with Gasteiger partial charge in [-0.2, -0.15) is 5.10 Å². The molecular weight excluding hydrogens is 372 g/mol. The van der Waals surface area contributed by atoms with Crippen molar-refractivity contribution in [3.05, 3.63) is 59.1 Å².